The molecule has 23 heavy (non-hydrogen) atoms. The maximum atomic E-state index is 9.64. The van der Waals surface area contributed by atoms with Crippen molar-refractivity contribution >= 4 is 34.1 Å². The third-order valence-corrected chi connectivity index (χ3v) is 5.33. The molecule has 1 atom stereocenters. The van der Waals surface area contributed by atoms with Crippen molar-refractivity contribution in [2.24, 2.45) is 13.0 Å². The quantitative estimate of drug-likeness (QED) is 0.675. The van der Waals surface area contributed by atoms with E-state index in [1.807, 2.05) is 13.1 Å². The van der Waals surface area contributed by atoms with Crippen LogP contribution in [0.25, 0.3) is 11.0 Å². The summed E-state index contributed by atoms with van der Waals surface area (Å²) in [4.78, 5) is 10.1. The van der Waals surface area contributed by atoms with Gasteiger partial charge < -0.3 is 16.2 Å². The van der Waals surface area contributed by atoms with Crippen LogP contribution in [0.15, 0.2) is 23.7 Å². The first-order valence-electron chi connectivity index (χ1n) is 7.55. The molecule has 120 valence electrons. The van der Waals surface area contributed by atoms with Gasteiger partial charge in [0.25, 0.3) is 0 Å². The molecule has 1 aliphatic rings. The topological polar surface area (TPSA) is 102 Å². The van der Waals surface area contributed by atoms with Gasteiger partial charge in [-0.1, -0.05) is 6.07 Å². The van der Waals surface area contributed by atoms with Crippen LogP contribution in [0.2, 0.25) is 0 Å². The first-order valence-corrected chi connectivity index (χ1v) is 8.43. The molecule has 0 saturated heterocycles. The Hall–Kier alpha value is -2.19. The van der Waals surface area contributed by atoms with Crippen molar-refractivity contribution in [2.45, 2.75) is 25.0 Å². The lowest BCUT2D eigenvalue weighted by molar-refractivity contribution is 0.0343. The van der Waals surface area contributed by atoms with E-state index in [9.17, 15) is 5.11 Å². The lowest BCUT2D eigenvalue weighted by Crippen LogP contribution is -2.36. The molecular formula is C15H18N6OS. The number of aliphatic hydroxyl groups is 1. The van der Waals surface area contributed by atoms with E-state index < -0.39 is 0 Å². The Morgan fingerprint density at radius 1 is 1.43 bits per heavy atom. The molecule has 0 unspecified atom stereocenters. The molecule has 8 heteroatoms. The number of aromatic nitrogens is 4. The first kappa shape index (κ1) is 14.4. The summed E-state index contributed by atoms with van der Waals surface area (Å²) in [5, 5.41) is 20.0. The fraction of sp³-hybridized carbons (Fsp3) is 0.400. The molecule has 7 nitrogen and oxygen atoms in total. The number of nitrogens with one attached hydrogen (secondary N) is 1. The van der Waals surface area contributed by atoms with Gasteiger partial charge in [0.15, 0.2) is 5.65 Å². The van der Waals surface area contributed by atoms with E-state index in [4.69, 9.17) is 5.73 Å². The second kappa shape index (κ2) is 5.47. The molecule has 4 rings (SSSR count). The number of aliphatic hydroxyl groups excluding tert-OH is 1. The number of rotatable bonds is 4. The summed E-state index contributed by atoms with van der Waals surface area (Å²) in [5.74, 6) is 1.29. The molecule has 3 heterocycles. The molecule has 1 aliphatic carbocycles. The zero-order valence-electron chi connectivity index (χ0n) is 12.7. The van der Waals surface area contributed by atoms with E-state index in [-0.39, 0.29) is 12.1 Å². The molecule has 0 amide bonds. The standard InChI is InChI=1S/C15H18N6OS/c1-21-14-10(7-17-21)13(16)19-15(20-14)18-12(8-5-9(22)6-8)11-3-2-4-23-11/h2-4,7-9,12,22H,5-6H2,1H3,(H3,16,18,19,20)/t8?,9?,12-/m1/s1. The van der Waals surface area contributed by atoms with Gasteiger partial charge in [0.05, 0.1) is 23.7 Å². The average Bonchev–Trinajstić information content (AvgIpc) is 3.13. The van der Waals surface area contributed by atoms with E-state index in [0.29, 0.717) is 23.3 Å². The van der Waals surface area contributed by atoms with Gasteiger partial charge in [-0.15, -0.1) is 11.3 Å². The summed E-state index contributed by atoms with van der Waals surface area (Å²) >= 11 is 1.69. The summed E-state index contributed by atoms with van der Waals surface area (Å²) < 4.78 is 1.69. The Balaban J connectivity index is 1.67. The van der Waals surface area contributed by atoms with Gasteiger partial charge in [-0.25, -0.2) is 0 Å². The largest absolute Gasteiger partial charge is 0.393 e. The summed E-state index contributed by atoms with van der Waals surface area (Å²) in [6, 6.07) is 4.21. The van der Waals surface area contributed by atoms with Crippen LogP contribution in [0.5, 0.6) is 0 Å². The summed E-state index contributed by atoms with van der Waals surface area (Å²) in [7, 11) is 1.83. The number of nitrogens with two attached hydrogens (primary N) is 1. The van der Waals surface area contributed by atoms with Crippen LogP contribution in [0.1, 0.15) is 23.8 Å². The predicted molar refractivity (Wildman–Crippen MR) is 90.1 cm³/mol. The van der Waals surface area contributed by atoms with Crippen LogP contribution in [-0.4, -0.2) is 31.0 Å². The molecule has 0 aromatic carbocycles. The minimum absolute atomic E-state index is 0.0866. The zero-order valence-corrected chi connectivity index (χ0v) is 13.5. The van der Waals surface area contributed by atoms with E-state index in [1.54, 1.807) is 22.2 Å². The molecule has 1 fully saturated rings. The Bertz CT molecular complexity index is 824. The van der Waals surface area contributed by atoms with Gasteiger partial charge in [-0.2, -0.15) is 15.1 Å². The number of nitrogen functional groups attached to an aromatic ring is 1. The molecule has 1 saturated carbocycles. The SMILES string of the molecule is Cn1ncc2c(N)nc(N[C@@H](c3cccs3)C3CC(O)C3)nc21. The summed E-state index contributed by atoms with van der Waals surface area (Å²) in [5.41, 5.74) is 6.73. The van der Waals surface area contributed by atoms with Crippen LogP contribution in [0, 0.1) is 5.92 Å². The number of hydrogen-bond acceptors (Lipinski definition) is 7. The highest BCUT2D eigenvalue weighted by Crippen LogP contribution is 2.41. The minimum atomic E-state index is -0.199. The lowest BCUT2D eigenvalue weighted by Gasteiger charge is -2.37. The van der Waals surface area contributed by atoms with Crippen molar-refractivity contribution in [1.29, 1.82) is 0 Å². The van der Waals surface area contributed by atoms with Crippen molar-refractivity contribution in [3.63, 3.8) is 0 Å². The van der Waals surface area contributed by atoms with Crippen molar-refractivity contribution in [3.05, 3.63) is 28.6 Å². The van der Waals surface area contributed by atoms with Crippen LogP contribution in [0.3, 0.4) is 0 Å². The highest BCUT2D eigenvalue weighted by atomic mass is 32.1. The van der Waals surface area contributed by atoms with E-state index in [1.165, 1.54) is 4.88 Å². The van der Waals surface area contributed by atoms with E-state index in [2.05, 4.69) is 31.8 Å². The van der Waals surface area contributed by atoms with Crippen molar-refractivity contribution < 1.29 is 5.11 Å². The van der Waals surface area contributed by atoms with Gasteiger partial charge in [0.1, 0.15) is 5.82 Å². The van der Waals surface area contributed by atoms with Gasteiger partial charge in [-0.3, -0.25) is 4.68 Å². The van der Waals surface area contributed by atoms with Crippen LogP contribution < -0.4 is 11.1 Å². The van der Waals surface area contributed by atoms with Crippen molar-refractivity contribution in [3.8, 4) is 0 Å². The monoisotopic (exact) mass is 330 g/mol. The number of thiophene rings is 1. The first-order chi connectivity index (χ1) is 11.1. The maximum Gasteiger partial charge on any atom is 0.227 e. The molecule has 3 aromatic rings. The molecule has 4 N–H and O–H groups in total. The van der Waals surface area contributed by atoms with Crippen LogP contribution in [-0.2, 0) is 7.05 Å². The number of anilines is 2. The van der Waals surface area contributed by atoms with Gasteiger partial charge in [-0.05, 0) is 30.2 Å². The molecule has 0 radical (unpaired) electrons. The van der Waals surface area contributed by atoms with Gasteiger partial charge in [0.2, 0.25) is 5.95 Å². The Morgan fingerprint density at radius 2 is 2.26 bits per heavy atom. The van der Waals surface area contributed by atoms with E-state index in [0.717, 1.165) is 18.2 Å². The summed E-state index contributed by atoms with van der Waals surface area (Å²) in [6.07, 6.45) is 3.06. The zero-order chi connectivity index (χ0) is 16.0. The second-order valence-corrected chi connectivity index (χ2v) is 6.94. The molecule has 3 aromatic heterocycles. The molecule has 0 bridgehead atoms. The van der Waals surface area contributed by atoms with Gasteiger partial charge in [0, 0.05) is 11.9 Å². The van der Waals surface area contributed by atoms with Crippen LogP contribution in [0.4, 0.5) is 11.8 Å². The predicted octanol–water partition coefficient (Wildman–Crippen LogP) is 1.93. The number of aryl methyl sites for hydroxylation is 1. The maximum absolute atomic E-state index is 9.64. The van der Waals surface area contributed by atoms with Gasteiger partial charge >= 0.3 is 0 Å². The molecule has 0 aliphatic heterocycles. The number of hydrogen-bond donors (Lipinski definition) is 3. The third-order valence-electron chi connectivity index (χ3n) is 4.38. The highest BCUT2D eigenvalue weighted by molar-refractivity contribution is 7.10. The molecule has 0 spiro atoms. The normalized spacial score (nSPS) is 22.0. The molecular weight excluding hydrogens is 312 g/mol. The Labute approximate surface area is 137 Å². The van der Waals surface area contributed by atoms with Crippen molar-refractivity contribution in [1.82, 2.24) is 19.7 Å². The fourth-order valence-electron chi connectivity index (χ4n) is 3.04. The average molecular weight is 330 g/mol. The summed E-state index contributed by atoms with van der Waals surface area (Å²) in [6.45, 7) is 0. The Morgan fingerprint density at radius 3 is 2.96 bits per heavy atom. The fourth-order valence-corrected chi connectivity index (χ4v) is 3.91. The smallest absolute Gasteiger partial charge is 0.227 e. The van der Waals surface area contributed by atoms with Crippen LogP contribution >= 0.6 is 11.3 Å². The highest BCUT2D eigenvalue weighted by Gasteiger charge is 2.35. The number of nitrogens with zero attached hydrogens (tertiary/aromatic N) is 4. The van der Waals surface area contributed by atoms with Crippen molar-refractivity contribution in [2.75, 3.05) is 11.1 Å². The second-order valence-electron chi connectivity index (χ2n) is 5.96. The Kier molecular flexibility index (Phi) is 3.42. The number of fused-ring (bicyclic) bond motifs is 1. The lowest BCUT2D eigenvalue weighted by atomic mass is 9.77. The van der Waals surface area contributed by atoms with E-state index >= 15 is 0 Å². The third kappa shape index (κ3) is 2.53. The minimum Gasteiger partial charge on any atom is -0.393 e.